The van der Waals surface area contributed by atoms with E-state index in [9.17, 15) is 0 Å². The highest BCUT2D eigenvalue weighted by atomic mass is 16.5. The zero-order chi connectivity index (χ0) is 17.6. The van der Waals surface area contributed by atoms with E-state index in [1.54, 1.807) is 6.08 Å². The van der Waals surface area contributed by atoms with Gasteiger partial charge >= 0.3 is 6.01 Å². The van der Waals surface area contributed by atoms with E-state index in [1.165, 1.54) is 0 Å². The summed E-state index contributed by atoms with van der Waals surface area (Å²) in [5, 5.41) is 6.21. The van der Waals surface area contributed by atoms with Crippen molar-refractivity contribution in [2.75, 3.05) is 56.8 Å². The fourth-order valence-electron chi connectivity index (χ4n) is 1.60. The second-order valence-corrected chi connectivity index (χ2v) is 5.10. The summed E-state index contributed by atoms with van der Waals surface area (Å²) in [7, 11) is 0. The lowest BCUT2D eigenvalue weighted by Crippen LogP contribution is -2.18. The molecule has 1 aromatic rings. The maximum Gasteiger partial charge on any atom is 0.323 e. The van der Waals surface area contributed by atoms with Gasteiger partial charge in [-0.05, 0) is 13.8 Å². The SMILES string of the molecule is C=CCOc1nc(NCCOCCOCCN)nc(NC(C)C)n1. The van der Waals surface area contributed by atoms with Crippen molar-refractivity contribution in [1.29, 1.82) is 0 Å². The van der Waals surface area contributed by atoms with Crippen molar-refractivity contribution in [3.05, 3.63) is 12.7 Å². The lowest BCUT2D eigenvalue weighted by atomic mass is 10.4. The minimum absolute atomic E-state index is 0.198. The van der Waals surface area contributed by atoms with Crippen LogP contribution >= 0.6 is 0 Å². The van der Waals surface area contributed by atoms with E-state index in [0.717, 1.165) is 0 Å². The normalized spacial score (nSPS) is 10.7. The molecule has 0 spiro atoms. The van der Waals surface area contributed by atoms with Crippen molar-refractivity contribution < 1.29 is 14.2 Å². The van der Waals surface area contributed by atoms with Gasteiger partial charge < -0.3 is 30.6 Å². The molecule has 0 fully saturated rings. The van der Waals surface area contributed by atoms with E-state index < -0.39 is 0 Å². The van der Waals surface area contributed by atoms with Crippen molar-refractivity contribution in [3.8, 4) is 6.01 Å². The molecule has 0 aliphatic rings. The topological polar surface area (TPSA) is 116 Å². The van der Waals surface area contributed by atoms with Crippen LogP contribution in [0, 0.1) is 0 Å². The molecular weight excluding hydrogens is 312 g/mol. The maximum atomic E-state index is 5.43. The summed E-state index contributed by atoms with van der Waals surface area (Å²) in [6.45, 7) is 11.1. The van der Waals surface area contributed by atoms with E-state index in [4.69, 9.17) is 19.9 Å². The molecule has 0 aliphatic heterocycles. The number of ether oxygens (including phenoxy) is 3. The average molecular weight is 340 g/mol. The molecule has 1 aromatic heterocycles. The first-order valence-corrected chi connectivity index (χ1v) is 8.01. The molecule has 0 radical (unpaired) electrons. The van der Waals surface area contributed by atoms with Gasteiger partial charge in [0.05, 0.1) is 26.4 Å². The van der Waals surface area contributed by atoms with Crippen LogP contribution in [0.4, 0.5) is 11.9 Å². The first-order valence-electron chi connectivity index (χ1n) is 8.01. The quantitative estimate of drug-likeness (QED) is 0.332. The zero-order valence-electron chi connectivity index (χ0n) is 14.5. The van der Waals surface area contributed by atoms with Gasteiger partial charge in [-0.2, -0.15) is 15.0 Å². The molecule has 9 nitrogen and oxygen atoms in total. The lowest BCUT2D eigenvalue weighted by molar-refractivity contribution is 0.0547. The number of hydrogen-bond donors (Lipinski definition) is 3. The third-order valence-corrected chi connectivity index (χ3v) is 2.53. The minimum atomic E-state index is 0.198. The Morgan fingerprint density at radius 2 is 1.79 bits per heavy atom. The van der Waals surface area contributed by atoms with Gasteiger partial charge in [0.2, 0.25) is 11.9 Å². The molecule has 24 heavy (non-hydrogen) atoms. The molecule has 0 amide bonds. The van der Waals surface area contributed by atoms with Crippen LogP contribution in [0.3, 0.4) is 0 Å². The number of aromatic nitrogens is 3. The molecule has 0 unspecified atom stereocenters. The maximum absolute atomic E-state index is 5.43. The molecule has 0 atom stereocenters. The van der Waals surface area contributed by atoms with Crippen molar-refractivity contribution >= 4 is 11.9 Å². The first-order chi connectivity index (χ1) is 11.7. The van der Waals surface area contributed by atoms with E-state index in [1.807, 2.05) is 13.8 Å². The number of nitrogens with two attached hydrogens (primary N) is 1. The Labute approximate surface area is 143 Å². The number of hydrogen-bond acceptors (Lipinski definition) is 9. The number of nitrogens with zero attached hydrogens (tertiary/aromatic N) is 3. The summed E-state index contributed by atoms with van der Waals surface area (Å²) in [5.41, 5.74) is 5.32. The second-order valence-electron chi connectivity index (χ2n) is 5.10. The highest BCUT2D eigenvalue weighted by molar-refractivity contribution is 5.36. The molecule has 9 heteroatoms. The molecule has 0 aromatic carbocycles. The lowest BCUT2D eigenvalue weighted by Gasteiger charge is -2.12. The Balaban J connectivity index is 2.42. The van der Waals surface area contributed by atoms with Gasteiger partial charge in [-0.15, -0.1) is 0 Å². The predicted octanol–water partition coefficient (Wildman–Crippen LogP) is 0.661. The largest absolute Gasteiger partial charge is 0.459 e. The van der Waals surface area contributed by atoms with E-state index >= 15 is 0 Å². The molecule has 0 saturated heterocycles. The molecule has 0 bridgehead atoms. The number of anilines is 2. The molecule has 136 valence electrons. The van der Waals surface area contributed by atoms with Gasteiger partial charge in [0.15, 0.2) is 0 Å². The Morgan fingerprint density at radius 1 is 1.08 bits per heavy atom. The third-order valence-electron chi connectivity index (χ3n) is 2.53. The Hall–Kier alpha value is -1.97. The van der Waals surface area contributed by atoms with E-state index in [-0.39, 0.29) is 12.1 Å². The van der Waals surface area contributed by atoms with Gasteiger partial charge in [-0.1, -0.05) is 12.7 Å². The molecule has 1 rings (SSSR count). The van der Waals surface area contributed by atoms with Gasteiger partial charge in [-0.25, -0.2) is 0 Å². The number of rotatable bonds is 14. The fraction of sp³-hybridized carbons (Fsp3) is 0.667. The van der Waals surface area contributed by atoms with Crippen LogP contribution in [0.15, 0.2) is 12.7 Å². The van der Waals surface area contributed by atoms with Crippen molar-refractivity contribution in [1.82, 2.24) is 15.0 Å². The van der Waals surface area contributed by atoms with Crippen molar-refractivity contribution in [2.24, 2.45) is 5.73 Å². The van der Waals surface area contributed by atoms with Crippen LogP contribution in [0.2, 0.25) is 0 Å². The third kappa shape index (κ3) is 9.23. The summed E-state index contributed by atoms with van der Waals surface area (Å²) >= 11 is 0. The molecule has 1 heterocycles. The van der Waals surface area contributed by atoms with Crippen LogP contribution in [0.5, 0.6) is 6.01 Å². The summed E-state index contributed by atoms with van der Waals surface area (Å²) < 4.78 is 16.0. The van der Waals surface area contributed by atoms with Crippen molar-refractivity contribution in [2.45, 2.75) is 19.9 Å². The highest BCUT2D eigenvalue weighted by Crippen LogP contribution is 2.11. The standard InChI is InChI=1S/C15H28N6O3/c1-4-7-24-15-20-13(19-14(21-15)18-12(2)3)17-6-9-23-11-10-22-8-5-16/h4,12H,1,5-11,16H2,2-3H3,(H2,17,18,19,20,21). The first kappa shape index (κ1) is 20.1. The summed E-state index contributed by atoms with van der Waals surface area (Å²) in [5.74, 6) is 0.882. The monoisotopic (exact) mass is 340 g/mol. The Kier molecular flexibility index (Phi) is 10.4. The second kappa shape index (κ2) is 12.5. The van der Waals surface area contributed by atoms with Crippen LogP contribution in [-0.4, -0.2) is 67.1 Å². The van der Waals surface area contributed by atoms with Gasteiger partial charge in [0.25, 0.3) is 0 Å². The summed E-state index contributed by atoms with van der Waals surface area (Å²) in [4.78, 5) is 12.7. The van der Waals surface area contributed by atoms with Gasteiger partial charge in [-0.3, -0.25) is 0 Å². The highest BCUT2D eigenvalue weighted by Gasteiger charge is 2.08. The van der Waals surface area contributed by atoms with Gasteiger partial charge in [0.1, 0.15) is 6.61 Å². The van der Waals surface area contributed by atoms with Crippen molar-refractivity contribution in [3.63, 3.8) is 0 Å². The number of nitrogens with one attached hydrogen (secondary N) is 2. The average Bonchev–Trinajstić information content (AvgIpc) is 2.54. The Bertz CT molecular complexity index is 473. The van der Waals surface area contributed by atoms with Gasteiger partial charge in [0, 0.05) is 19.1 Å². The smallest absolute Gasteiger partial charge is 0.323 e. The molecule has 0 aliphatic carbocycles. The van der Waals surface area contributed by atoms with Crippen LogP contribution in [-0.2, 0) is 9.47 Å². The van der Waals surface area contributed by atoms with E-state index in [0.29, 0.717) is 58.0 Å². The van der Waals surface area contributed by atoms with E-state index in [2.05, 4.69) is 32.2 Å². The van der Waals surface area contributed by atoms with Crippen LogP contribution < -0.4 is 21.1 Å². The minimum Gasteiger partial charge on any atom is -0.459 e. The van der Waals surface area contributed by atoms with Crippen LogP contribution in [0.1, 0.15) is 13.8 Å². The molecule has 4 N–H and O–H groups in total. The zero-order valence-corrected chi connectivity index (χ0v) is 14.5. The summed E-state index contributed by atoms with van der Waals surface area (Å²) in [6.07, 6.45) is 1.63. The summed E-state index contributed by atoms with van der Waals surface area (Å²) in [6, 6.07) is 0.441. The van der Waals surface area contributed by atoms with Crippen LogP contribution in [0.25, 0.3) is 0 Å². The fourth-order valence-corrected chi connectivity index (χ4v) is 1.60. The predicted molar refractivity (Wildman–Crippen MR) is 93.5 cm³/mol. The molecule has 0 saturated carbocycles. The Morgan fingerprint density at radius 3 is 2.46 bits per heavy atom. The molecular formula is C15H28N6O3.